The maximum absolute atomic E-state index is 11.8. The van der Waals surface area contributed by atoms with Gasteiger partial charge in [0.15, 0.2) is 0 Å². The minimum Gasteiger partial charge on any atom is -0.508 e. The van der Waals surface area contributed by atoms with Crippen molar-refractivity contribution in [3.05, 3.63) is 48.0 Å². The maximum atomic E-state index is 11.8. The van der Waals surface area contributed by atoms with E-state index in [1.165, 1.54) is 82.1 Å². The standard InChI is InChI=1S/C26H38O5S/c1-2-3-4-5-6-7-8-9-10-11-12-13-14-22-21-25(19-20-26(22)32(28,29)30)31-24-17-15-23(27)16-18-24/h15-21,27H,2-14H2,1H3,(H,28,29,30). The van der Waals surface area contributed by atoms with E-state index in [2.05, 4.69) is 6.92 Å². The van der Waals surface area contributed by atoms with Crippen LogP contribution in [0.4, 0.5) is 0 Å². The summed E-state index contributed by atoms with van der Waals surface area (Å²) in [5.74, 6) is 1.18. The number of benzene rings is 2. The number of unbranched alkanes of at least 4 members (excludes halogenated alkanes) is 11. The lowest BCUT2D eigenvalue weighted by Crippen LogP contribution is -2.04. The topological polar surface area (TPSA) is 83.8 Å². The van der Waals surface area contributed by atoms with Crippen LogP contribution in [0.15, 0.2) is 47.4 Å². The number of ether oxygens (including phenoxy) is 1. The van der Waals surface area contributed by atoms with Gasteiger partial charge >= 0.3 is 0 Å². The van der Waals surface area contributed by atoms with Gasteiger partial charge in [0.25, 0.3) is 10.1 Å². The van der Waals surface area contributed by atoms with Crippen LogP contribution in [-0.4, -0.2) is 18.1 Å². The molecule has 0 aromatic heterocycles. The summed E-state index contributed by atoms with van der Waals surface area (Å²) in [5, 5.41) is 9.38. The van der Waals surface area contributed by atoms with E-state index in [-0.39, 0.29) is 10.6 Å². The molecule has 32 heavy (non-hydrogen) atoms. The average molecular weight is 463 g/mol. The van der Waals surface area contributed by atoms with E-state index >= 15 is 0 Å². The maximum Gasteiger partial charge on any atom is 0.294 e. The molecule has 0 aliphatic carbocycles. The molecule has 0 radical (unpaired) electrons. The monoisotopic (exact) mass is 462 g/mol. The van der Waals surface area contributed by atoms with Gasteiger partial charge < -0.3 is 9.84 Å². The third-order valence-corrected chi connectivity index (χ3v) is 6.64. The summed E-state index contributed by atoms with van der Waals surface area (Å²) in [6, 6.07) is 10.9. The van der Waals surface area contributed by atoms with Crippen LogP contribution < -0.4 is 4.74 Å². The van der Waals surface area contributed by atoms with Crippen LogP contribution in [-0.2, 0) is 16.5 Å². The Labute approximate surface area is 193 Å². The number of hydrogen-bond donors (Lipinski definition) is 2. The first-order valence-corrected chi connectivity index (χ1v) is 13.4. The SMILES string of the molecule is CCCCCCCCCCCCCCc1cc(Oc2ccc(O)cc2)ccc1S(=O)(=O)O. The van der Waals surface area contributed by atoms with Gasteiger partial charge in [0, 0.05) is 0 Å². The second-order valence-corrected chi connectivity index (χ2v) is 9.87. The van der Waals surface area contributed by atoms with Crippen LogP contribution >= 0.6 is 0 Å². The first kappa shape index (κ1) is 26.2. The van der Waals surface area contributed by atoms with E-state index in [1.54, 1.807) is 18.2 Å². The molecule has 5 nitrogen and oxygen atoms in total. The summed E-state index contributed by atoms with van der Waals surface area (Å²) in [4.78, 5) is -0.0568. The molecule has 0 atom stereocenters. The first-order chi connectivity index (χ1) is 15.4. The van der Waals surface area contributed by atoms with Gasteiger partial charge in [0.2, 0.25) is 0 Å². The number of hydrogen-bond acceptors (Lipinski definition) is 4. The Balaban J connectivity index is 1.77. The van der Waals surface area contributed by atoms with Crippen LogP contribution in [0.2, 0.25) is 0 Å². The average Bonchev–Trinajstić information content (AvgIpc) is 2.75. The normalized spacial score (nSPS) is 11.6. The van der Waals surface area contributed by atoms with Crippen LogP contribution in [0.25, 0.3) is 0 Å². The Morgan fingerprint density at radius 2 is 1.22 bits per heavy atom. The second kappa shape index (κ2) is 14.2. The smallest absolute Gasteiger partial charge is 0.294 e. The van der Waals surface area contributed by atoms with E-state index in [1.807, 2.05) is 0 Å². The van der Waals surface area contributed by atoms with Gasteiger partial charge in [-0.3, -0.25) is 4.55 Å². The molecule has 0 saturated heterocycles. The number of rotatable bonds is 16. The quantitative estimate of drug-likeness (QED) is 0.197. The van der Waals surface area contributed by atoms with Crippen LogP contribution in [0.1, 0.15) is 89.5 Å². The summed E-state index contributed by atoms with van der Waals surface area (Å²) in [7, 11) is -4.28. The van der Waals surface area contributed by atoms with Crippen molar-refractivity contribution < 1.29 is 22.8 Å². The molecular weight excluding hydrogens is 424 g/mol. The van der Waals surface area contributed by atoms with Gasteiger partial charge in [0.05, 0.1) is 4.90 Å². The molecule has 178 valence electrons. The van der Waals surface area contributed by atoms with E-state index in [9.17, 15) is 18.1 Å². The molecule has 6 heteroatoms. The van der Waals surface area contributed by atoms with Crippen molar-refractivity contribution in [2.24, 2.45) is 0 Å². The van der Waals surface area contributed by atoms with E-state index in [0.717, 1.165) is 19.3 Å². The van der Waals surface area contributed by atoms with Crippen molar-refractivity contribution in [1.29, 1.82) is 0 Å². The summed E-state index contributed by atoms with van der Waals surface area (Å²) in [6.45, 7) is 2.24. The lowest BCUT2D eigenvalue weighted by atomic mass is 10.0. The van der Waals surface area contributed by atoms with Crippen LogP contribution in [0.5, 0.6) is 17.2 Å². The third kappa shape index (κ3) is 10.0. The molecule has 0 saturated carbocycles. The molecule has 0 fully saturated rings. The lowest BCUT2D eigenvalue weighted by molar-refractivity contribution is 0.462. The zero-order valence-electron chi connectivity index (χ0n) is 19.3. The molecule has 2 aromatic rings. The van der Waals surface area contributed by atoms with Gasteiger partial charge in [0.1, 0.15) is 17.2 Å². The Morgan fingerprint density at radius 1 is 0.719 bits per heavy atom. The predicted molar refractivity (Wildman–Crippen MR) is 129 cm³/mol. The summed E-state index contributed by atoms with van der Waals surface area (Å²) in [5.41, 5.74) is 0.566. The van der Waals surface area contributed by atoms with Gasteiger partial charge in [-0.15, -0.1) is 0 Å². The Bertz CT molecular complexity index is 891. The Kier molecular flexibility index (Phi) is 11.6. The van der Waals surface area contributed by atoms with Crippen molar-refractivity contribution in [3.63, 3.8) is 0 Å². The zero-order valence-corrected chi connectivity index (χ0v) is 20.1. The number of aromatic hydroxyl groups is 1. The summed E-state index contributed by atoms with van der Waals surface area (Å²) >= 11 is 0. The molecule has 0 amide bonds. The Morgan fingerprint density at radius 3 is 1.75 bits per heavy atom. The molecule has 0 spiro atoms. The summed E-state index contributed by atoms with van der Waals surface area (Å²) in [6.07, 6.45) is 15.4. The molecule has 2 rings (SSSR count). The van der Waals surface area contributed by atoms with Crippen LogP contribution in [0, 0.1) is 0 Å². The molecule has 0 heterocycles. The van der Waals surface area contributed by atoms with E-state index in [0.29, 0.717) is 23.5 Å². The van der Waals surface area contributed by atoms with E-state index < -0.39 is 10.1 Å². The summed E-state index contributed by atoms with van der Waals surface area (Å²) < 4.78 is 38.9. The highest BCUT2D eigenvalue weighted by atomic mass is 32.2. The fourth-order valence-corrected chi connectivity index (χ4v) is 4.61. The fourth-order valence-electron chi connectivity index (χ4n) is 3.87. The van der Waals surface area contributed by atoms with Gasteiger partial charge in [-0.2, -0.15) is 8.42 Å². The van der Waals surface area contributed by atoms with Crippen molar-refractivity contribution in [3.8, 4) is 17.2 Å². The zero-order chi connectivity index (χ0) is 23.2. The number of phenols is 1. The molecule has 0 bridgehead atoms. The molecule has 2 N–H and O–H groups in total. The molecule has 0 aliphatic rings. The highest BCUT2D eigenvalue weighted by molar-refractivity contribution is 7.85. The number of phenolic OH excluding ortho intramolecular Hbond substituents is 1. The predicted octanol–water partition coefficient (Wildman–Crippen LogP) is 7.67. The van der Waals surface area contributed by atoms with Crippen molar-refractivity contribution in [2.45, 2.75) is 95.3 Å². The van der Waals surface area contributed by atoms with Gasteiger partial charge in [-0.1, -0.05) is 77.6 Å². The Hall–Kier alpha value is -2.05. The second-order valence-electron chi connectivity index (χ2n) is 8.48. The third-order valence-electron chi connectivity index (χ3n) is 5.68. The highest BCUT2D eigenvalue weighted by Crippen LogP contribution is 2.28. The van der Waals surface area contributed by atoms with Gasteiger partial charge in [-0.25, -0.2) is 0 Å². The molecule has 0 aliphatic heterocycles. The highest BCUT2D eigenvalue weighted by Gasteiger charge is 2.16. The van der Waals surface area contributed by atoms with Crippen molar-refractivity contribution in [2.75, 3.05) is 0 Å². The lowest BCUT2D eigenvalue weighted by Gasteiger charge is -2.11. The number of aryl methyl sites for hydroxylation is 1. The van der Waals surface area contributed by atoms with Crippen LogP contribution in [0.3, 0.4) is 0 Å². The first-order valence-electron chi connectivity index (χ1n) is 12.0. The minimum absolute atomic E-state index is 0.0568. The molecule has 0 unspecified atom stereocenters. The van der Waals surface area contributed by atoms with E-state index in [4.69, 9.17) is 4.74 Å². The van der Waals surface area contributed by atoms with Crippen molar-refractivity contribution >= 4 is 10.1 Å². The minimum atomic E-state index is -4.28. The molecule has 2 aromatic carbocycles. The largest absolute Gasteiger partial charge is 0.508 e. The molecular formula is C26H38O5S. The fraction of sp³-hybridized carbons (Fsp3) is 0.538. The van der Waals surface area contributed by atoms with Crippen molar-refractivity contribution in [1.82, 2.24) is 0 Å². The van der Waals surface area contributed by atoms with Gasteiger partial charge in [-0.05, 0) is 60.9 Å².